The Morgan fingerprint density at radius 3 is 2.63 bits per heavy atom. The number of hydrogen-bond acceptors (Lipinski definition) is 6. The Morgan fingerprint density at radius 2 is 1.95 bits per heavy atom. The smallest absolute Gasteiger partial charge is 0.257 e. The van der Waals surface area contributed by atoms with E-state index >= 15 is 0 Å². The van der Waals surface area contributed by atoms with Crippen LogP contribution < -0.4 is 15.1 Å². The summed E-state index contributed by atoms with van der Waals surface area (Å²) in [5.41, 5.74) is 2.73. The number of thiazole rings is 1. The predicted molar refractivity (Wildman–Crippen MR) is 167 cm³/mol. The highest BCUT2D eigenvalue weighted by molar-refractivity contribution is 7.15. The van der Waals surface area contributed by atoms with Gasteiger partial charge >= 0.3 is 0 Å². The molecule has 2 aliphatic carbocycles. The number of nitrogens with zero attached hydrogens (tertiary/aromatic N) is 3. The summed E-state index contributed by atoms with van der Waals surface area (Å²) >= 11 is 1.55. The van der Waals surface area contributed by atoms with Crippen LogP contribution in [0.1, 0.15) is 72.4 Å². The van der Waals surface area contributed by atoms with Crippen molar-refractivity contribution in [1.82, 2.24) is 9.88 Å². The molecule has 232 valence electrons. The molecule has 2 heterocycles. The number of fused-ring (bicyclic) bond motifs is 2. The molecule has 2 amide bonds. The standard InChI is InChI=1S/C33H46N6O3S/c1-21(31(42)38(5)14-6-13-34)25-11-12-33(3)19-26-28(22(2)27(33)29(25)40)35-32(43-26)36-30(41)24-9-7-23(8-10-24)20-39-17-15-37(4)16-18-39/h7-10,21-22,25,27,29,40H,6,11-12,14-20H2,1-5H3,(H,35,36,41)/p+2/t21-,22-,25+,27+,29-,33-/m0/s1. The van der Waals surface area contributed by atoms with E-state index in [0.29, 0.717) is 23.7 Å². The monoisotopic (exact) mass is 608 g/mol. The molecular weight excluding hydrogens is 560 g/mol. The lowest BCUT2D eigenvalue weighted by Gasteiger charge is -2.53. The zero-order valence-electron chi connectivity index (χ0n) is 26.3. The SMILES string of the molecule is C[C@H](C(=O)N(C)CCC#N)[C@H]1CC[C@@]2(C)Cc3sc(NC(=O)c4ccc(C[NH+]5CC[NH+](C)CC5)cc4)nc3[C@@H](C)[C@@H]2[C@H]1O. The number of benzene rings is 1. The molecule has 0 bridgehead atoms. The molecule has 1 saturated carbocycles. The molecule has 10 heteroatoms. The van der Waals surface area contributed by atoms with E-state index in [9.17, 15) is 14.7 Å². The number of amides is 2. The van der Waals surface area contributed by atoms with Crippen LogP contribution >= 0.6 is 11.3 Å². The fourth-order valence-electron chi connectivity index (χ4n) is 7.90. The Balaban J connectivity index is 1.24. The van der Waals surface area contributed by atoms with Gasteiger partial charge in [-0.15, -0.1) is 11.3 Å². The van der Waals surface area contributed by atoms with E-state index in [1.165, 1.54) is 36.6 Å². The van der Waals surface area contributed by atoms with Crippen molar-refractivity contribution in [2.24, 2.45) is 23.2 Å². The second-order valence-corrected chi connectivity index (χ2v) is 14.7. The third kappa shape index (κ3) is 6.65. The minimum atomic E-state index is -0.627. The van der Waals surface area contributed by atoms with Gasteiger partial charge in [-0.3, -0.25) is 14.9 Å². The van der Waals surface area contributed by atoms with Gasteiger partial charge < -0.3 is 19.8 Å². The molecule has 1 aliphatic heterocycles. The summed E-state index contributed by atoms with van der Waals surface area (Å²) in [5.74, 6) is -0.653. The molecule has 1 aromatic heterocycles. The molecule has 5 rings (SSSR count). The molecule has 2 aromatic rings. The number of hydrogen-bond donors (Lipinski definition) is 4. The molecule has 0 radical (unpaired) electrons. The molecular formula is C33H48N6O3S+2. The van der Waals surface area contributed by atoms with E-state index in [4.69, 9.17) is 10.2 Å². The summed E-state index contributed by atoms with van der Waals surface area (Å²) in [4.78, 5) is 37.2. The van der Waals surface area contributed by atoms with E-state index in [1.54, 1.807) is 33.1 Å². The number of carbonyl (C=O) groups is 2. The van der Waals surface area contributed by atoms with E-state index < -0.39 is 6.10 Å². The van der Waals surface area contributed by atoms with Crippen molar-refractivity contribution >= 4 is 28.3 Å². The van der Waals surface area contributed by atoms with Crippen molar-refractivity contribution < 1.29 is 24.5 Å². The van der Waals surface area contributed by atoms with Crippen molar-refractivity contribution in [2.75, 3.05) is 52.1 Å². The van der Waals surface area contributed by atoms with Gasteiger partial charge in [-0.25, -0.2) is 4.98 Å². The number of aliphatic hydroxyl groups excluding tert-OH is 1. The molecule has 0 unspecified atom stereocenters. The molecule has 1 saturated heterocycles. The first kappa shape index (κ1) is 31.6. The minimum absolute atomic E-state index is 0.00466. The van der Waals surface area contributed by atoms with Crippen molar-refractivity contribution in [3.8, 4) is 6.07 Å². The van der Waals surface area contributed by atoms with Gasteiger partial charge in [0.2, 0.25) is 5.91 Å². The second kappa shape index (κ2) is 13.0. The largest absolute Gasteiger partial charge is 0.392 e. The average molecular weight is 609 g/mol. The van der Waals surface area contributed by atoms with Gasteiger partial charge in [-0.2, -0.15) is 5.26 Å². The summed E-state index contributed by atoms with van der Waals surface area (Å²) in [6.45, 7) is 12.4. The van der Waals surface area contributed by atoms with Gasteiger partial charge in [-0.05, 0) is 48.6 Å². The summed E-state index contributed by atoms with van der Waals surface area (Å²) in [6.07, 6.45) is 2.19. The molecule has 43 heavy (non-hydrogen) atoms. The fourth-order valence-corrected chi connectivity index (χ4v) is 9.16. The highest BCUT2D eigenvalue weighted by Crippen LogP contribution is 2.57. The van der Waals surface area contributed by atoms with Gasteiger partial charge in [0.05, 0.1) is 31.3 Å². The lowest BCUT2D eigenvalue weighted by molar-refractivity contribution is -1.01. The van der Waals surface area contributed by atoms with Gasteiger partial charge in [0.1, 0.15) is 32.7 Å². The van der Waals surface area contributed by atoms with Crippen LogP contribution in [0, 0.1) is 34.5 Å². The number of piperazine rings is 1. The van der Waals surface area contributed by atoms with Crippen LogP contribution in [-0.2, 0) is 17.8 Å². The number of quaternary nitrogens is 2. The molecule has 1 aromatic carbocycles. The normalized spacial score (nSPS) is 30.8. The minimum Gasteiger partial charge on any atom is -0.392 e. The Hall–Kier alpha value is -2.84. The van der Waals surface area contributed by atoms with Gasteiger partial charge in [0.15, 0.2) is 5.13 Å². The zero-order valence-corrected chi connectivity index (χ0v) is 27.1. The van der Waals surface area contributed by atoms with Crippen LogP contribution in [0.4, 0.5) is 5.13 Å². The first-order chi connectivity index (χ1) is 20.5. The number of carbonyl (C=O) groups excluding carboxylic acids is 2. The first-order valence-electron chi connectivity index (χ1n) is 15.9. The van der Waals surface area contributed by atoms with E-state index in [2.05, 4.69) is 44.4 Å². The molecule has 6 atom stereocenters. The molecule has 9 nitrogen and oxygen atoms in total. The maximum atomic E-state index is 13.2. The Bertz CT molecular complexity index is 1350. The second-order valence-electron chi connectivity index (χ2n) is 13.7. The van der Waals surface area contributed by atoms with Gasteiger partial charge in [0, 0.05) is 41.4 Å². The number of likely N-dealkylation sites (N-methyl/N-ethyl adjacent to an activating group) is 1. The average Bonchev–Trinajstić information content (AvgIpc) is 3.38. The maximum absolute atomic E-state index is 13.2. The highest BCUT2D eigenvalue weighted by atomic mass is 32.1. The van der Waals surface area contributed by atoms with Crippen molar-refractivity contribution in [2.45, 2.75) is 65.0 Å². The Labute approximate surface area is 259 Å². The number of aliphatic hydroxyl groups is 1. The zero-order chi connectivity index (χ0) is 30.9. The Kier molecular flexibility index (Phi) is 9.57. The summed E-state index contributed by atoms with van der Waals surface area (Å²) in [7, 11) is 3.99. The quantitative estimate of drug-likeness (QED) is 0.362. The number of rotatable bonds is 8. The van der Waals surface area contributed by atoms with Crippen LogP contribution in [0.3, 0.4) is 0 Å². The predicted octanol–water partition coefficient (Wildman–Crippen LogP) is 1.37. The van der Waals surface area contributed by atoms with Gasteiger partial charge in [-0.1, -0.05) is 32.9 Å². The third-order valence-corrected chi connectivity index (χ3v) is 11.6. The van der Waals surface area contributed by atoms with Crippen LogP contribution in [-0.4, -0.2) is 79.7 Å². The maximum Gasteiger partial charge on any atom is 0.257 e. The summed E-state index contributed by atoms with van der Waals surface area (Å²) in [5, 5.41) is 24.3. The lowest BCUT2D eigenvalue weighted by atomic mass is 9.53. The summed E-state index contributed by atoms with van der Waals surface area (Å²) in [6, 6.07) is 10.1. The van der Waals surface area contributed by atoms with Crippen LogP contribution in [0.25, 0.3) is 0 Å². The molecule has 2 fully saturated rings. The van der Waals surface area contributed by atoms with Gasteiger partial charge in [0.25, 0.3) is 5.91 Å². The molecule has 0 spiro atoms. The Morgan fingerprint density at radius 1 is 1.26 bits per heavy atom. The third-order valence-electron chi connectivity index (χ3n) is 10.6. The topological polar surface area (TPSA) is 115 Å². The van der Waals surface area contributed by atoms with E-state index in [0.717, 1.165) is 31.5 Å². The van der Waals surface area contributed by atoms with Crippen LogP contribution in [0.15, 0.2) is 24.3 Å². The summed E-state index contributed by atoms with van der Waals surface area (Å²) < 4.78 is 0. The number of anilines is 1. The van der Waals surface area contributed by atoms with E-state index in [1.807, 2.05) is 19.1 Å². The van der Waals surface area contributed by atoms with Crippen molar-refractivity contribution in [3.63, 3.8) is 0 Å². The highest BCUT2D eigenvalue weighted by Gasteiger charge is 2.54. The lowest BCUT2D eigenvalue weighted by Crippen LogP contribution is -3.26. The van der Waals surface area contributed by atoms with Crippen LogP contribution in [0.5, 0.6) is 0 Å². The fraction of sp³-hybridized carbons (Fsp3) is 0.636. The number of nitrogens with one attached hydrogen (secondary N) is 3. The van der Waals surface area contributed by atoms with E-state index in [-0.39, 0.29) is 40.9 Å². The van der Waals surface area contributed by atoms with Crippen molar-refractivity contribution in [1.29, 1.82) is 5.26 Å². The number of aromatic nitrogens is 1. The molecule has 4 N–H and O–H groups in total. The molecule has 3 aliphatic rings. The first-order valence-corrected chi connectivity index (χ1v) is 16.7. The van der Waals surface area contributed by atoms with Crippen molar-refractivity contribution in [3.05, 3.63) is 46.0 Å². The van der Waals surface area contributed by atoms with Crippen LogP contribution in [0.2, 0.25) is 0 Å². The number of nitriles is 1.